The van der Waals surface area contributed by atoms with Crippen molar-refractivity contribution in [1.82, 2.24) is 20.0 Å². The molecule has 1 unspecified atom stereocenters. The molecule has 1 N–H and O–H groups in total. The molecule has 0 amide bonds. The van der Waals surface area contributed by atoms with Crippen LogP contribution in [0.25, 0.3) is 0 Å². The lowest BCUT2D eigenvalue weighted by Crippen LogP contribution is -2.09. The molecule has 0 fully saturated rings. The van der Waals surface area contributed by atoms with Crippen molar-refractivity contribution in [2.75, 3.05) is 0 Å². The zero-order chi connectivity index (χ0) is 13.1. The highest BCUT2D eigenvalue weighted by Gasteiger charge is 2.17. The van der Waals surface area contributed by atoms with Gasteiger partial charge in [-0.2, -0.15) is 15.3 Å². The molecule has 96 valence electrons. The molecule has 0 spiro atoms. The second kappa shape index (κ2) is 5.46. The molecule has 2 heterocycles. The van der Waals surface area contributed by atoms with Crippen LogP contribution >= 0.6 is 11.6 Å². The predicted molar refractivity (Wildman–Crippen MR) is 68.3 cm³/mol. The molecule has 2 aromatic heterocycles. The molecule has 0 aliphatic rings. The number of hydrogen-bond donors (Lipinski definition) is 1. The van der Waals surface area contributed by atoms with Crippen molar-refractivity contribution in [3.8, 4) is 0 Å². The first kappa shape index (κ1) is 13.0. The van der Waals surface area contributed by atoms with Crippen molar-refractivity contribution < 1.29 is 5.11 Å². The van der Waals surface area contributed by atoms with Crippen LogP contribution in [0.4, 0.5) is 0 Å². The molecule has 0 saturated heterocycles. The van der Waals surface area contributed by atoms with Crippen LogP contribution in [0.3, 0.4) is 0 Å². The standard InChI is InChI=1S/C12H15ClN4O/c1-3-17-10(12(13)8(2)16-17)6-11(18)9-4-5-14-15-7-9/h4-5,7,11,18H,3,6H2,1-2H3. The third kappa shape index (κ3) is 2.52. The van der Waals surface area contributed by atoms with Gasteiger partial charge >= 0.3 is 0 Å². The zero-order valence-corrected chi connectivity index (χ0v) is 11.1. The normalized spacial score (nSPS) is 12.7. The van der Waals surface area contributed by atoms with Crippen molar-refractivity contribution in [2.45, 2.75) is 32.9 Å². The average Bonchev–Trinajstić information content (AvgIpc) is 2.67. The average molecular weight is 267 g/mol. The van der Waals surface area contributed by atoms with Gasteiger partial charge in [0.25, 0.3) is 0 Å². The summed E-state index contributed by atoms with van der Waals surface area (Å²) in [5.41, 5.74) is 2.36. The Labute approximate surface area is 110 Å². The van der Waals surface area contributed by atoms with Crippen LogP contribution in [0, 0.1) is 6.92 Å². The number of aliphatic hydroxyl groups excluding tert-OH is 1. The summed E-state index contributed by atoms with van der Waals surface area (Å²) in [4.78, 5) is 0. The minimum absolute atomic E-state index is 0.416. The van der Waals surface area contributed by atoms with E-state index < -0.39 is 6.10 Å². The van der Waals surface area contributed by atoms with Crippen molar-refractivity contribution in [2.24, 2.45) is 0 Å². The Hall–Kier alpha value is -1.46. The van der Waals surface area contributed by atoms with Crippen molar-refractivity contribution >= 4 is 11.6 Å². The molecule has 6 heteroatoms. The van der Waals surface area contributed by atoms with Gasteiger partial charge in [-0.3, -0.25) is 4.68 Å². The molecule has 0 bridgehead atoms. The van der Waals surface area contributed by atoms with Gasteiger partial charge in [-0.1, -0.05) is 11.6 Å². The minimum Gasteiger partial charge on any atom is -0.388 e. The largest absolute Gasteiger partial charge is 0.388 e. The first-order valence-electron chi connectivity index (χ1n) is 5.80. The van der Waals surface area contributed by atoms with Gasteiger partial charge in [0.15, 0.2) is 0 Å². The predicted octanol–water partition coefficient (Wildman–Crippen LogP) is 1.93. The fourth-order valence-electron chi connectivity index (χ4n) is 1.86. The summed E-state index contributed by atoms with van der Waals surface area (Å²) in [7, 11) is 0. The third-order valence-electron chi connectivity index (χ3n) is 2.83. The Kier molecular flexibility index (Phi) is 3.93. The molecule has 0 saturated carbocycles. The number of aryl methyl sites for hydroxylation is 2. The van der Waals surface area contributed by atoms with Gasteiger partial charge in [0.2, 0.25) is 0 Å². The molecule has 0 aromatic carbocycles. The monoisotopic (exact) mass is 266 g/mol. The van der Waals surface area contributed by atoms with E-state index in [1.54, 1.807) is 18.5 Å². The highest BCUT2D eigenvalue weighted by atomic mass is 35.5. The lowest BCUT2D eigenvalue weighted by molar-refractivity contribution is 0.175. The molecule has 2 aromatic rings. The molecule has 2 rings (SSSR count). The number of hydrogen-bond acceptors (Lipinski definition) is 4. The molecule has 0 aliphatic carbocycles. The summed E-state index contributed by atoms with van der Waals surface area (Å²) < 4.78 is 1.81. The molecule has 0 radical (unpaired) electrons. The SMILES string of the molecule is CCn1nc(C)c(Cl)c1CC(O)c1ccnnc1. The van der Waals surface area contributed by atoms with E-state index >= 15 is 0 Å². The number of aromatic nitrogens is 4. The Morgan fingerprint density at radius 3 is 2.83 bits per heavy atom. The summed E-state index contributed by atoms with van der Waals surface area (Å²) in [6.07, 6.45) is 2.87. The van der Waals surface area contributed by atoms with E-state index in [2.05, 4.69) is 15.3 Å². The lowest BCUT2D eigenvalue weighted by Gasteiger charge is -2.11. The van der Waals surface area contributed by atoms with Gasteiger partial charge in [0.05, 0.1) is 28.7 Å². The van der Waals surface area contributed by atoms with E-state index in [0.717, 1.165) is 23.5 Å². The minimum atomic E-state index is -0.653. The first-order valence-corrected chi connectivity index (χ1v) is 6.17. The maximum absolute atomic E-state index is 10.2. The van der Waals surface area contributed by atoms with E-state index in [0.29, 0.717) is 11.4 Å². The molecule has 18 heavy (non-hydrogen) atoms. The van der Waals surface area contributed by atoms with Gasteiger partial charge in [-0.05, 0) is 19.9 Å². The van der Waals surface area contributed by atoms with Gasteiger partial charge < -0.3 is 5.11 Å². The number of rotatable bonds is 4. The fourth-order valence-corrected chi connectivity index (χ4v) is 2.08. The number of halogens is 1. The maximum atomic E-state index is 10.2. The second-order valence-corrected chi connectivity index (χ2v) is 4.44. The molecular weight excluding hydrogens is 252 g/mol. The number of nitrogens with zero attached hydrogens (tertiary/aromatic N) is 4. The Morgan fingerprint density at radius 1 is 1.44 bits per heavy atom. The zero-order valence-electron chi connectivity index (χ0n) is 10.3. The van der Waals surface area contributed by atoms with E-state index in [9.17, 15) is 5.11 Å². The van der Waals surface area contributed by atoms with Gasteiger partial charge in [0.1, 0.15) is 0 Å². The topological polar surface area (TPSA) is 63.8 Å². The van der Waals surface area contributed by atoms with Crippen LogP contribution in [-0.2, 0) is 13.0 Å². The summed E-state index contributed by atoms with van der Waals surface area (Å²) in [5, 5.41) is 22.5. The van der Waals surface area contributed by atoms with E-state index in [4.69, 9.17) is 11.6 Å². The van der Waals surface area contributed by atoms with Crippen LogP contribution < -0.4 is 0 Å². The van der Waals surface area contributed by atoms with Crippen LogP contribution in [0.5, 0.6) is 0 Å². The van der Waals surface area contributed by atoms with Crippen LogP contribution in [-0.4, -0.2) is 25.1 Å². The molecule has 5 nitrogen and oxygen atoms in total. The summed E-state index contributed by atoms with van der Waals surface area (Å²) in [5.74, 6) is 0. The Morgan fingerprint density at radius 2 is 2.22 bits per heavy atom. The van der Waals surface area contributed by atoms with E-state index in [-0.39, 0.29) is 0 Å². The fraction of sp³-hybridized carbons (Fsp3) is 0.417. The van der Waals surface area contributed by atoms with E-state index in [1.807, 2.05) is 18.5 Å². The molecular formula is C12H15ClN4O. The van der Waals surface area contributed by atoms with E-state index in [1.165, 1.54) is 0 Å². The number of aliphatic hydroxyl groups is 1. The van der Waals surface area contributed by atoms with Gasteiger partial charge in [0, 0.05) is 24.7 Å². The Bertz CT molecular complexity index is 526. The smallest absolute Gasteiger partial charge is 0.0861 e. The summed E-state index contributed by atoms with van der Waals surface area (Å²) >= 11 is 6.20. The second-order valence-electron chi connectivity index (χ2n) is 4.06. The van der Waals surface area contributed by atoms with Crippen LogP contribution in [0.2, 0.25) is 5.02 Å². The highest BCUT2D eigenvalue weighted by molar-refractivity contribution is 6.31. The van der Waals surface area contributed by atoms with Crippen molar-refractivity contribution in [3.05, 3.63) is 40.4 Å². The molecule has 0 aliphatic heterocycles. The van der Waals surface area contributed by atoms with Crippen molar-refractivity contribution in [3.63, 3.8) is 0 Å². The first-order chi connectivity index (χ1) is 8.63. The van der Waals surface area contributed by atoms with Crippen LogP contribution in [0.15, 0.2) is 18.5 Å². The quantitative estimate of drug-likeness (QED) is 0.918. The summed E-state index contributed by atoms with van der Waals surface area (Å²) in [6.45, 7) is 4.58. The third-order valence-corrected chi connectivity index (χ3v) is 3.32. The van der Waals surface area contributed by atoms with Gasteiger partial charge in [-0.25, -0.2) is 0 Å². The Balaban J connectivity index is 2.24. The van der Waals surface area contributed by atoms with Crippen LogP contribution in [0.1, 0.15) is 30.0 Å². The van der Waals surface area contributed by atoms with Crippen molar-refractivity contribution in [1.29, 1.82) is 0 Å². The van der Waals surface area contributed by atoms with Gasteiger partial charge in [-0.15, -0.1) is 0 Å². The lowest BCUT2D eigenvalue weighted by atomic mass is 10.1. The molecule has 1 atom stereocenters. The maximum Gasteiger partial charge on any atom is 0.0861 e. The highest BCUT2D eigenvalue weighted by Crippen LogP contribution is 2.25. The summed E-state index contributed by atoms with van der Waals surface area (Å²) in [6, 6.07) is 1.74.